The third-order valence-electron chi connectivity index (χ3n) is 2.96. The largest absolute Gasteiger partial charge is 0.313 e. The minimum atomic E-state index is -0.448. The Balaban J connectivity index is 2.39. The first-order valence-electron chi connectivity index (χ1n) is 6.17. The molecule has 2 rings (SSSR count). The van der Waals surface area contributed by atoms with E-state index in [2.05, 4.69) is 21.2 Å². The summed E-state index contributed by atoms with van der Waals surface area (Å²) in [5.74, 6) is -0.448. The second-order valence-corrected chi connectivity index (χ2v) is 5.95. The van der Waals surface area contributed by atoms with E-state index in [1.807, 2.05) is 19.1 Å². The van der Waals surface area contributed by atoms with Gasteiger partial charge in [0.05, 0.1) is 5.02 Å². The van der Waals surface area contributed by atoms with Crippen molar-refractivity contribution in [2.45, 2.75) is 13.5 Å². The fourth-order valence-electron chi connectivity index (χ4n) is 1.87. The maximum absolute atomic E-state index is 14.2. The van der Waals surface area contributed by atoms with Crippen molar-refractivity contribution in [2.24, 2.45) is 0 Å². The fraction of sp³-hybridized carbons (Fsp3) is 0.200. The van der Waals surface area contributed by atoms with Crippen LogP contribution in [-0.2, 0) is 6.54 Å². The van der Waals surface area contributed by atoms with Crippen molar-refractivity contribution in [3.63, 3.8) is 0 Å². The van der Waals surface area contributed by atoms with Gasteiger partial charge in [0.25, 0.3) is 0 Å². The van der Waals surface area contributed by atoms with Gasteiger partial charge in [0, 0.05) is 21.6 Å². The Morgan fingerprint density at radius 3 is 2.60 bits per heavy atom. The topological polar surface area (TPSA) is 12.0 Å². The Morgan fingerprint density at radius 1 is 1.20 bits per heavy atom. The van der Waals surface area contributed by atoms with Crippen LogP contribution in [0.3, 0.4) is 0 Å². The Labute approximate surface area is 136 Å². The second kappa shape index (κ2) is 6.90. The highest BCUT2D eigenvalue weighted by molar-refractivity contribution is 9.10. The molecule has 0 aromatic heterocycles. The van der Waals surface area contributed by atoms with Gasteiger partial charge in [0.15, 0.2) is 5.82 Å². The molecule has 0 amide bonds. The zero-order valence-corrected chi connectivity index (χ0v) is 13.9. The molecular weight excluding hydrogens is 364 g/mol. The minimum Gasteiger partial charge on any atom is -0.313 e. The number of halogens is 4. The maximum Gasteiger partial charge on any atom is 0.150 e. The van der Waals surface area contributed by atoms with E-state index in [-0.39, 0.29) is 5.02 Å². The van der Waals surface area contributed by atoms with Crippen LogP contribution < -0.4 is 5.32 Å². The van der Waals surface area contributed by atoms with E-state index in [1.165, 1.54) is 0 Å². The SMILES string of the molecule is CCNCc1ccc(-c2ccc(Br)c(Cl)c2F)cc1Cl. The zero-order chi connectivity index (χ0) is 14.7. The van der Waals surface area contributed by atoms with Crippen molar-refractivity contribution in [2.75, 3.05) is 6.54 Å². The second-order valence-electron chi connectivity index (χ2n) is 4.31. The van der Waals surface area contributed by atoms with E-state index in [4.69, 9.17) is 23.2 Å². The normalized spacial score (nSPS) is 10.8. The average Bonchev–Trinajstić information content (AvgIpc) is 2.44. The first kappa shape index (κ1) is 15.8. The molecule has 0 aliphatic carbocycles. The Morgan fingerprint density at radius 2 is 1.95 bits per heavy atom. The van der Waals surface area contributed by atoms with Crippen LogP contribution >= 0.6 is 39.1 Å². The maximum atomic E-state index is 14.2. The van der Waals surface area contributed by atoms with Crippen LogP contribution in [0.5, 0.6) is 0 Å². The molecule has 2 aromatic carbocycles. The van der Waals surface area contributed by atoms with E-state index >= 15 is 0 Å². The number of hydrogen-bond donors (Lipinski definition) is 1. The lowest BCUT2D eigenvalue weighted by Gasteiger charge is -2.10. The van der Waals surface area contributed by atoms with Gasteiger partial charge in [-0.15, -0.1) is 0 Å². The molecular formula is C15H13BrCl2FN. The van der Waals surface area contributed by atoms with Crippen LogP contribution in [0, 0.1) is 5.82 Å². The zero-order valence-electron chi connectivity index (χ0n) is 10.8. The van der Waals surface area contributed by atoms with Crippen LogP contribution in [0.2, 0.25) is 10.0 Å². The number of nitrogens with one attached hydrogen (secondary N) is 1. The predicted octanol–water partition coefficient (Wildman–Crippen LogP) is 5.67. The quantitative estimate of drug-likeness (QED) is 0.677. The predicted molar refractivity (Wildman–Crippen MR) is 86.9 cm³/mol. The van der Waals surface area contributed by atoms with Crippen molar-refractivity contribution < 1.29 is 4.39 Å². The van der Waals surface area contributed by atoms with E-state index in [1.54, 1.807) is 18.2 Å². The molecule has 0 atom stereocenters. The van der Waals surface area contributed by atoms with Gasteiger partial charge in [-0.1, -0.05) is 48.3 Å². The Bertz CT molecular complexity index is 632. The number of rotatable bonds is 4. The van der Waals surface area contributed by atoms with Crippen molar-refractivity contribution in [1.82, 2.24) is 5.32 Å². The third-order valence-corrected chi connectivity index (χ3v) is 4.58. The summed E-state index contributed by atoms with van der Waals surface area (Å²) in [6.07, 6.45) is 0. The minimum absolute atomic E-state index is 0.0790. The summed E-state index contributed by atoms with van der Waals surface area (Å²) >= 11 is 15.3. The Kier molecular flexibility index (Phi) is 5.44. The molecule has 0 radical (unpaired) electrons. The lowest BCUT2D eigenvalue weighted by molar-refractivity contribution is 0.631. The number of hydrogen-bond acceptors (Lipinski definition) is 1. The van der Waals surface area contributed by atoms with Crippen molar-refractivity contribution in [1.29, 1.82) is 0 Å². The van der Waals surface area contributed by atoms with Crippen molar-refractivity contribution in [3.05, 3.63) is 56.2 Å². The summed E-state index contributed by atoms with van der Waals surface area (Å²) in [5, 5.41) is 3.90. The summed E-state index contributed by atoms with van der Waals surface area (Å²) in [6, 6.07) is 8.91. The molecule has 1 N–H and O–H groups in total. The van der Waals surface area contributed by atoms with Gasteiger partial charge in [-0.2, -0.15) is 0 Å². The van der Waals surface area contributed by atoms with Gasteiger partial charge in [0.2, 0.25) is 0 Å². The molecule has 0 heterocycles. The van der Waals surface area contributed by atoms with Crippen LogP contribution in [0.15, 0.2) is 34.8 Å². The lowest BCUT2D eigenvalue weighted by Crippen LogP contribution is -2.11. The lowest BCUT2D eigenvalue weighted by atomic mass is 10.0. The average molecular weight is 377 g/mol. The number of benzene rings is 2. The van der Waals surface area contributed by atoms with E-state index in [9.17, 15) is 4.39 Å². The van der Waals surface area contributed by atoms with Gasteiger partial charge in [-0.05, 0) is 45.7 Å². The van der Waals surface area contributed by atoms with Crippen LogP contribution in [0.25, 0.3) is 11.1 Å². The molecule has 20 heavy (non-hydrogen) atoms. The van der Waals surface area contributed by atoms with Gasteiger partial charge in [0.1, 0.15) is 0 Å². The smallest absolute Gasteiger partial charge is 0.150 e. The highest BCUT2D eigenvalue weighted by Crippen LogP contribution is 2.34. The van der Waals surface area contributed by atoms with Gasteiger partial charge >= 0.3 is 0 Å². The van der Waals surface area contributed by atoms with Crippen LogP contribution in [-0.4, -0.2) is 6.54 Å². The molecule has 2 aromatic rings. The monoisotopic (exact) mass is 375 g/mol. The Hall–Kier alpha value is -0.610. The fourth-order valence-corrected chi connectivity index (χ4v) is 2.59. The highest BCUT2D eigenvalue weighted by atomic mass is 79.9. The molecule has 1 nitrogen and oxygen atoms in total. The standard InChI is InChI=1S/C15H13BrCl2FN/c1-2-20-8-10-4-3-9(7-13(10)17)11-5-6-12(16)14(18)15(11)19/h3-7,20H,2,8H2,1H3. The molecule has 5 heteroatoms. The molecule has 0 saturated carbocycles. The molecule has 0 spiro atoms. The summed E-state index contributed by atoms with van der Waals surface area (Å²) in [7, 11) is 0. The van der Waals surface area contributed by atoms with E-state index in [0.717, 1.165) is 12.1 Å². The van der Waals surface area contributed by atoms with Gasteiger partial charge in [-0.25, -0.2) is 4.39 Å². The van der Waals surface area contributed by atoms with E-state index in [0.29, 0.717) is 27.2 Å². The molecule has 106 valence electrons. The summed E-state index contributed by atoms with van der Waals surface area (Å²) in [4.78, 5) is 0. The molecule has 0 fully saturated rings. The molecule has 0 aliphatic rings. The molecule has 0 bridgehead atoms. The van der Waals surface area contributed by atoms with Gasteiger partial charge < -0.3 is 5.32 Å². The van der Waals surface area contributed by atoms with Crippen LogP contribution in [0.4, 0.5) is 4.39 Å². The van der Waals surface area contributed by atoms with Crippen molar-refractivity contribution in [3.8, 4) is 11.1 Å². The molecule has 0 unspecified atom stereocenters. The van der Waals surface area contributed by atoms with Gasteiger partial charge in [-0.3, -0.25) is 0 Å². The van der Waals surface area contributed by atoms with E-state index < -0.39 is 5.82 Å². The third kappa shape index (κ3) is 3.34. The summed E-state index contributed by atoms with van der Waals surface area (Å²) in [5.41, 5.74) is 2.14. The first-order chi connectivity index (χ1) is 9.54. The summed E-state index contributed by atoms with van der Waals surface area (Å²) < 4.78 is 14.7. The molecule has 0 aliphatic heterocycles. The van der Waals surface area contributed by atoms with Crippen molar-refractivity contribution >= 4 is 39.1 Å². The first-order valence-corrected chi connectivity index (χ1v) is 7.72. The van der Waals surface area contributed by atoms with Crippen LogP contribution in [0.1, 0.15) is 12.5 Å². The highest BCUT2D eigenvalue weighted by Gasteiger charge is 2.13. The molecule has 0 saturated heterocycles. The summed E-state index contributed by atoms with van der Waals surface area (Å²) in [6.45, 7) is 3.59.